The molecule has 0 heterocycles. The number of aliphatic imine (C=N–C) groups is 1. The van der Waals surface area contributed by atoms with Gasteiger partial charge < -0.3 is 16.0 Å². The van der Waals surface area contributed by atoms with Gasteiger partial charge in [0.15, 0.2) is 5.96 Å². The van der Waals surface area contributed by atoms with Gasteiger partial charge in [-0.25, -0.2) is 0 Å². The van der Waals surface area contributed by atoms with E-state index in [1.807, 2.05) is 18.2 Å². The van der Waals surface area contributed by atoms with E-state index in [0.717, 1.165) is 36.6 Å². The molecule has 0 radical (unpaired) electrons. The number of rotatable bonds is 7. The fourth-order valence-electron chi connectivity index (χ4n) is 3.84. The van der Waals surface area contributed by atoms with Crippen LogP contribution in [0, 0.1) is 5.92 Å². The minimum Gasteiger partial charge on any atom is -0.356 e. The first-order valence-electron chi connectivity index (χ1n) is 10.6. The van der Waals surface area contributed by atoms with Gasteiger partial charge in [0.1, 0.15) is 0 Å². The fourth-order valence-corrected chi connectivity index (χ4v) is 3.84. The van der Waals surface area contributed by atoms with Gasteiger partial charge >= 0.3 is 0 Å². The van der Waals surface area contributed by atoms with Gasteiger partial charge in [0, 0.05) is 37.2 Å². The molecule has 1 amide bonds. The molecule has 0 bridgehead atoms. The predicted octanol–water partition coefficient (Wildman–Crippen LogP) is 4.44. The van der Waals surface area contributed by atoms with Crippen LogP contribution in [-0.4, -0.2) is 25.5 Å². The van der Waals surface area contributed by atoms with E-state index in [2.05, 4.69) is 57.3 Å². The minimum absolute atomic E-state index is 0. The maximum Gasteiger partial charge on any atom is 0.227 e. The van der Waals surface area contributed by atoms with E-state index in [1.165, 1.54) is 24.8 Å². The van der Waals surface area contributed by atoms with E-state index in [-0.39, 0.29) is 41.2 Å². The molecule has 0 aromatic heterocycles. The zero-order valence-corrected chi connectivity index (χ0v) is 19.8. The van der Waals surface area contributed by atoms with Crippen molar-refractivity contribution in [3.05, 3.63) is 65.7 Å². The van der Waals surface area contributed by atoms with Gasteiger partial charge in [0.05, 0.1) is 0 Å². The van der Waals surface area contributed by atoms with Crippen LogP contribution in [0.2, 0.25) is 0 Å². The zero-order valence-electron chi connectivity index (χ0n) is 17.5. The molecule has 0 spiro atoms. The number of carbonyl (C=O) groups excluding carboxylic acids is 1. The number of halogens is 1. The van der Waals surface area contributed by atoms with E-state index in [0.29, 0.717) is 6.54 Å². The first-order chi connectivity index (χ1) is 14.2. The Balaban J connectivity index is 0.00000256. The lowest BCUT2D eigenvalue weighted by Crippen LogP contribution is -2.40. The van der Waals surface area contributed by atoms with Gasteiger partial charge in [-0.2, -0.15) is 0 Å². The third kappa shape index (κ3) is 5.53. The van der Waals surface area contributed by atoms with Crippen molar-refractivity contribution in [2.75, 3.05) is 18.9 Å². The average molecular weight is 518 g/mol. The highest BCUT2D eigenvalue weighted by Crippen LogP contribution is 2.47. The van der Waals surface area contributed by atoms with Crippen molar-refractivity contribution in [3.63, 3.8) is 0 Å². The summed E-state index contributed by atoms with van der Waals surface area (Å²) in [5.41, 5.74) is 3.62. The number of benzene rings is 2. The van der Waals surface area contributed by atoms with E-state index in [1.54, 1.807) is 7.05 Å². The first kappa shape index (κ1) is 22.6. The molecule has 2 aliphatic carbocycles. The quantitative estimate of drug-likeness (QED) is 0.289. The van der Waals surface area contributed by atoms with Crippen molar-refractivity contribution in [2.24, 2.45) is 10.9 Å². The summed E-state index contributed by atoms with van der Waals surface area (Å²) >= 11 is 0. The molecule has 6 heteroatoms. The highest BCUT2D eigenvalue weighted by atomic mass is 127. The number of hydrogen-bond donors (Lipinski definition) is 3. The lowest BCUT2D eigenvalue weighted by atomic mass is 9.85. The van der Waals surface area contributed by atoms with E-state index >= 15 is 0 Å². The summed E-state index contributed by atoms with van der Waals surface area (Å²) in [4.78, 5) is 16.5. The Morgan fingerprint density at radius 1 is 1.07 bits per heavy atom. The number of guanidine groups is 1. The van der Waals surface area contributed by atoms with Crippen LogP contribution in [0.5, 0.6) is 0 Å². The Morgan fingerprint density at radius 3 is 2.47 bits per heavy atom. The van der Waals surface area contributed by atoms with Crippen LogP contribution >= 0.6 is 24.0 Å². The molecule has 30 heavy (non-hydrogen) atoms. The highest BCUT2D eigenvalue weighted by molar-refractivity contribution is 14.0. The molecule has 0 unspecified atom stereocenters. The van der Waals surface area contributed by atoms with Gasteiger partial charge in [-0.1, -0.05) is 48.9 Å². The maximum atomic E-state index is 12.2. The molecule has 2 aromatic rings. The van der Waals surface area contributed by atoms with Gasteiger partial charge in [0.2, 0.25) is 5.91 Å². The average Bonchev–Trinajstić information content (AvgIpc) is 3.49. The highest BCUT2D eigenvalue weighted by Gasteiger charge is 2.43. The van der Waals surface area contributed by atoms with Crippen molar-refractivity contribution in [1.29, 1.82) is 0 Å². The Kier molecular flexibility index (Phi) is 7.75. The van der Waals surface area contributed by atoms with Crippen molar-refractivity contribution >= 4 is 41.5 Å². The molecular formula is C24H31IN4O. The zero-order chi connectivity index (χ0) is 20.1. The first-order valence-corrected chi connectivity index (χ1v) is 10.6. The number of amides is 1. The predicted molar refractivity (Wildman–Crippen MR) is 133 cm³/mol. The number of hydrogen-bond acceptors (Lipinski definition) is 2. The minimum atomic E-state index is 0. The SMILES string of the molecule is CN=C(NCc1cccc(NC(=O)C2CCC2)c1)NCC1(c2ccccc2)CC1.I. The second kappa shape index (κ2) is 10.3. The molecular weight excluding hydrogens is 487 g/mol. The number of nitrogens with one attached hydrogen (secondary N) is 3. The Hall–Kier alpha value is -2.09. The molecule has 160 valence electrons. The van der Waals surface area contributed by atoms with E-state index in [9.17, 15) is 4.79 Å². The fraction of sp³-hybridized carbons (Fsp3) is 0.417. The topological polar surface area (TPSA) is 65.5 Å². The number of carbonyl (C=O) groups is 1. The van der Waals surface area contributed by atoms with Crippen molar-refractivity contribution in [3.8, 4) is 0 Å². The third-order valence-corrected chi connectivity index (χ3v) is 6.19. The monoisotopic (exact) mass is 518 g/mol. The Bertz CT molecular complexity index is 876. The van der Waals surface area contributed by atoms with Crippen molar-refractivity contribution in [2.45, 2.75) is 44.1 Å². The van der Waals surface area contributed by atoms with Crippen molar-refractivity contribution < 1.29 is 4.79 Å². The summed E-state index contributed by atoms with van der Waals surface area (Å²) in [5, 5.41) is 9.92. The van der Waals surface area contributed by atoms with Gasteiger partial charge in [0.25, 0.3) is 0 Å². The summed E-state index contributed by atoms with van der Waals surface area (Å²) in [6.07, 6.45) is 5.62. The normalized spacial score (nSPS) is 17.3. The third-order valence-electron chi connectivity index (χ3n) is 6.19. The standard InChI is InChI=1S/C24H30N4O.HI/c1-25-23(27-17-24(13-14-24)20-10-3-2-4-11-20)26-16-18-7-5-12-21(15-18)28-22(29)19-8-6-9-19;/h2-5,7,10-12,15,19H,6,8-9,13-14,16-17H2,1H3,(H,28,29)(H2,25,26,27);1H. The molecule has 0 saturated heterocycles. The molecule has 0 aliphatic heterocycles. The van der Waals surface area contributed by atoms with Crippen LogP contribution in [0.1, 0.15) is 43.2 Å². The summed E-state index contributed by atoms with van der Waals surface area (Å²) < 4.78 is 0. The Labute approximate surface area is 196 Å². The van der Waals surface area contributed by atoms with Crippen LogP contribution in [0.3, 0.4) is 0 Å². The Morgan fingerprint density at radius 2 is 1.83 bits per heavy atom. The molecule has 4 rings (SSSR count). The van der Waals surface area contributed by atoms with Crippen LogP contribution in [0.15, 0.2) is 59.6 Å². The molecule has 5 nitrogen and oxygen atoms in total. The van der Waals surface area contributed by atoms with Gasteiger partial charge in [-0.05, 0) is 48.9 Å². The second-order valence-corrected chi connectivity index (χ2v) is 8.24. The molecule has 2 aromatic carbocycles. The van der Waals surface area contributed by atoms with Gasteiger partial charge in [-0.3, -0.25) is 9.79 Å². The summed E-state index contributed by atoms with van der Waals surface area (Å²) in [6.45, 7) is 1.54. The molecule has 2 fully saturated rings. The second-order valence-electron chi connectivity index (χ2n) is 8.24. The van der Waals surface area contributed by atoms with E-state index in [4.69, 9.17) is 0 Å². The number of anilines is 1. The molecule has 2 aliphatic rings. The van der Waals surface area contributed by atoms with Gasteiger partial charge in [-0.15, -0.1) is 24.0 Å². The van der Waals surface area contributed by atoms with Crippen LogP contribution in [0.25, 0.3) is 0 Å². The van der Waals surface area contributed by atoms with Crippen LogP contribution < -0.4 is 16.0 Å². The maximum absolute atomic E-state index is 12.2. The molecule has 2 saturated carbocycles. The largest absolute Gasteiger partial charge is 0.356 e. The summed E-state index contributed by atoms with van der Waals surface area (Å²) in [5.74, 6) is 1.14. The molecule has 3 N–H and O–H groups in total. The number of nitrogens with zero attached hydrogens (tertiary/aromatic N) is 1. The van der Waals surface area contributed by atoms with Crippen molar-refractivity contribution in [1.82, 2.24) is 10.6 Å². The smallest absolute Gasteiger partial charge is 0.227 e. The lowest BCUT2D eigenvalue weighted by molar-refractivity contribution is -0.122. The van der Waals surface area contributed by atoms with E-state index < -0.39 is 0 Å². The summed E-state index contributed by atoms with van der Waals surface area (Å²) in [6, 6.07) is 18.7. The van der Waals surface area contributed by atoms with Crippen LogP contribution in [-0.2, 0) is 16.8 Å². The lowest BCUT2D eigenvalue weighted by Gasteiger charge is -2.24. The summed E-state index contributed by atoms with van der Waals surface area (Å²) in [7, 11) is 1.80. The molecule has 0 atom stereocenters. The van der Waals surface area contributed by atoms with Crippen LogP contribution in [0.4, 0.5) is 5.69 Å².